The van der Waals surface area contributed by atoms with E-state index in [9.17, 15) is 51.5 Å². The van der Waals surface area contributed by atoms with Crippen LogP contribution in [0.3, 0.4) is 0 Å². The van der Waals surface area contributed by atoms with Crippen LogP contribution in [0.5, 0.6) is 0 Å². The van der Waals surface area contributed by atoms with E-state index in [-0.39, 0.29) is 49.5 Å². The molecule has 1 aromatic rings. The molecule has 0 radical (unpaired) electrons. The third kappa shape index (κ3) is 20.2. The lowest BCUT2D eigenvalue weighted by Gasteiger charge is -2.42. The molecule has 3 saturated heterocycles. The zero-order chi connectivity index (χ0) is 74.7. The van der Waals surface area contributed by atoms with E-state index in [1.54, 1.807) is 11.8 Å². The van der Waals surface area contributed by atoms with Crippen molar-refractivity contribution in [3.8, 4) is 0 Å². The highest BCUT2D eigenvalue weighted by molar-refractivity contribution is 6.31. The van der Waals surface area contributed by atoms with Crippen LogP contribution in [0.25, 0.3) is 0 Å². The Labute approximate surface area is 595 Å². The van der Waals surface area contributed by atoms with E-state index >= 15 is 28.0 Å². The van der Waals surface area contributed by atoms with E-state index in [0.717, 1.165) is 65.0 Å². The Bertz CT molecular complexity index is 3190. The number of nitrogens with zero attached hydrogens (tertiary/aromatic N) is 9. The molecular weight excluding hydrogens is 1340 g/mol. The monoisotopic (exact) mass is 1450 g/mol. The third-order valence-corrected chi connectivity index (χ3v) is 22.2. The minimum atomic E-state index is -4.84. The molecule has 6 aliphatic rings. The molecule has 3 N–H and O–H groups in total. The number of likely N-dealkylation sites (tertiary alicyclic amines) is 1. The Hall–Kier alpha value is -7.20. The van der Waals surface area contributed by atoms with Gasteiger partial charge in [-0.25, -0.2) is 8.78 Å². The molecule has 101 heavy (non-hydrogen) atoms. The maximum absolute atomic E-state index is 16.1. The van der Waals surface area contributed by atoms with Gasteiger partial charge in [0.1, 0.15) is 47.8 Å². The molecule has 1 aromatic carbocycles. The molecule has 7 rings (SSSR count). The summed E-state index contributed by atoms with van der Waals surface area (Å²) in [6, 6.07) is -7.37. The highest BCUT2D eigenvalue weighted by Gasteiger charge is 2.55. The van der Waals surface area contributed by atoms with Crippen molar-refractivity contribution in [1.82, 2.24) is 60.0 Å². The van der Waals surface area contributed by atoms with Crippen molar-refractivity contribution in [2.45, 2.75) is 229 Å². The standard InChI is InChI=1S/C71H106ClF5N12O12/c1-12-44(4)59-66(99)83(7)40-57(92)81(5)41-58(93)85(9)52(36-45-22-14-13-15-23-45)64(97)82(6)39-55(90)78-50(29-27-46-26-28-48(49(72)35-46)71(75,76)77)63(96)89-42-70(73,74)38-54(89)62(95)80-69(30-18-19-31-69)68(101)87(11)60(47-24-16-17-25-47)67(100)86(10)53(65(98)88-32-20-21-33-88)37-56(91)84(8)51(34-43(2)3)61(94)79-59/h26,28,35,43-45,47,50-54,59-60H,12-25,27,29-34,36-42H2,1-11H3,(H,78,90)(H,79,94)(H,80,95)/t44-,50-,51-,52-,53-,54-,59-,60-/m0/s1. The van der Waals surface area contributed by atoms with Crippen LogP contribution in [0, 0.1) is 23.7 Å². The van der Waals surface area contributed by atoms with Crippen molar-refractivity contribution in [3.63, 3.8) is 0 Å². The van der Waals surface area contributed by atoms with E-state index < -0.39 is 199 Å². The van der Waals surface area contributed by atoms with Crippen molar-refractivity contribution < 1.29 is 79.5 Å². The van der Waals surface area contributed by atoms with Gasteiger partial charge in [-0.15, -0.1) is 0 Å². The molecule has 6 fully saturated rings. The van der Waals surface area contributed by atoms with Crippen LogP contribution in [0.1, 0.15) is 174 Å². The summed E-state index contributed by atoms with van der Waals surface area (Å²) in [5.41, 5.74) is -2.84. The molecule has 0 aromatic heterocycles. The predicted molar refractivity (Wildman–Crippen MR) is 365 cm³/mol. The number of hydrogen-bond donors (Lipinski definition) is 3. The first-order valence-electron chi connectivity index (χ1n) is 35.9. The first kappa shape index (κ1) is 81.1. The van der Waals surface area contributed by atoms with Gasteiger partial charge in [0, 0.05) is 68.8 Å². The van der Waals surface area contributed by atoms with Gasteiger partial charge in [-0.1, -0.05) is 110 Å². The molecule has 1 spiro atoms. The van der Waals surface area contributed by atoms with Gasteiger partial charge in [-0.05, 0) is 106 Å². The minimum Gasteiger partial charge on any atom is -0.343 e. The van der Waals surface area contributed by atoms with Gasteiger partial charge in [0.05, 0.1) is 43.2 Å². The molecule has 3 saturated carbocycles. The Morgan fingerprint density at radius 2 is 1.25 bits per heavy atom. The maximum atomic E-state index is 16.1. The van der Waals surface area contributed by atoms with E-state index in [2.05, 4.69) is 16.0 Å². The van der Waals surface area contributed by atoms with Gasteiger partial charge < -0.3 is 60.0 Å². The number of likely N-dealkylation sites (N-methyl/N-ethyl adjacent to an activating group) is 7. The quantitative estimate of drug-likeness (QED) is 0.219. The summed E-state index contributed by atoms with van der Waals surface area (Å²) in [5, 5.41) is 7.52. The zero-order valence-corrected chi connectivity index (χ0v) is 61.3. The molecule has 0 bridgehead atoms. The average Bonchev–Trinajstić information content (AvgIpc) is 1.70. The molecule has 8 atom stereocenters. The van der Waals surface area contributed by atoms with Gasteiger partial charge in [-0.2, -0.15) is 13.2 Å². The molecular formula is C71H106ClF5N12O12. The molecule has 564 valence electrons. The normalized spacial score (nSPS) is 27.1. The van der Waals surface area contributed by atoms with Gasteiger partial charge in [-0.3, -0.25) is 57.5 Å². The summed E-state index contributed by atoms with van der Waals surface area (Å²) in [5.74, 6) is -14.5. The van der Waals surface area contributed by atoms with Gasteiger partial charge in [0.15, 0.2) is 0 Å². The summed E-state index contributed by atoms with van der Waals surface area (Å²) in [6.07, 6.45) is 1.54. The van der Waals surface area contributed by atoms with Crippen molar-refractivity contribution >= 4 is 82.5 Å². The second-order valence-corrected chi connectivity index (χ2v) is 30.2. The summed E-state index contributed by atoms with van der Waals surface area (Å²) >= 11 is 6.10. The SMILES string of the molecule is CC[C@H](C)[C@@H]1NC(=O)[C@H](CC(C)C)N(C)C(=O)C[C@@H](C(=O)N2CCCC2)N(C)C(=O)[C@H](C2CCCC2)N(C)C(=O)C2(CCCC2)NC(=O)[C@@H]2CC(F)(F)CN2C(=O)[C@H](CCc2ccc(C(F)(F)F)c(Cl)c2)NC(=O)CN(C)C(=O)[C@H](CC2CCCCC2)N(C)C(=O)CN(C)C(=O)CN(C)C1=O. The van der Waals surface area contributed by atoms with E-state index in [1.165, 1.54) is 68.9 Å². The van der Waals surface area contributed by atoms with Crippen molar-refractivity contribution in [1.29, 1.82) is 0 Å². The minimum absolute atomic E-state index is 0.0197. The van der Waals surface area contributed by atoms with E-state index in [1.807, 2.05) is 20.8 Å². The lowest BCUT2D eigenvalue weighted by Crippen LogP contribution is -2.65. The van der Waals surface area contributed by atoms with Crippen LogP contribution in [-0.2, 0) is 70.1 Å². The van der Waals surface area contributed by atoms with Crippen LogP contribution < -0.4 is 16.0 Å². The van der Waals surface area contributed by atoms with Crippen LogP contribution in [0.15, 0.2) is 18.2 Å². The maximum Gasteiger partial charge on any atom is 0.417 e. The Morgan fingerprint density at radius 1 is 0.653 bits per heavy atom. The van der Waals surface area contributed by atoms with Gasteiger partial charge in [0.2, 0.25) is 70.9 Å². The number of benzene rings is 1. The number of alkyl halides is 5. The molecule has 0 unspecified atom stereocenters. The number of amides is 12. The Morgan fingerprint density at radius 3 is 1.84 bits per heavy atom. The van der Waals surface area contributed by atoms with Crippen molar-refractivity contribution in [3.05, 3.63) is 34.3 Å². The molecule has 3 aliphatic carbocycles. The summed E-state index contributed by atoms with van der Waals surface area (Å²) in [7, 11) is 9.53. The number of carbonyl (C=O) groups excluding carboxylic acids is 12. The fourth-order valence-electron chi connectivity index (χ4n) is 15.5. The predicted octanol–water partition coefficient (Wildman–Crippen LogP) is 5.89. The summed E-state index contributed by atoms with van der Waals surface area (Å²) < 4.78 is 73.9. The number of rotatable bonds is 11. The molecule has 24 nitrogen and oxygen atoms in total. The van der Waals surface area contributed by atoms with Crippen molar-refractivity contribution in [2.75, 3.05) is 88.6 Å². The first-order chi connectivity index (χ1) is 47.4. The molecule has 12 amide bonds. The highest BCUT2D eigenvalue weighted by Crippen LogP contribution is 2.40. The van der Waals surface area contributed by atoms with Crippen LogP contribution in [0.2, 0.25) is 5.02 Å². The lowest BCUT2D eigenvalue weighted by atomic mass is 9.84. The lowest BCUT2D eigenvalue weighted by molar-refractivity contribution is -0.156. The van der Waals surface area contributed by atoms with Gasteiger partial charge in [0.25, 0.3) is 5.92 Å². The first-order valence-corrected chi connectivity index (χ1v) is 36.3. The van der Waals surface area contributed by atoms with Crippen LogP contribution in [-0.4, -0.2) is 257 Å². The fraction of sp³-hybridized carbons (Fsp3) is 0.746. The fourth-order valence-corrected chi connectivity index (χ4v) is 15.8. The second-order valence-electron chi connectivity index (χ2n) is 29.8. The van der Waals surface area contributed by atoms with Crippen LogP contribution in [0.4, 0.5) is 22.0 Å². The Kier molecular flexibility index (Phi) is 28.0. The molecule has 3 heterocycles. The highest BCUT2D eigenvalue weighted by atomic mass is 35.5. The number of hydrogen-bond acceptors (Lipinski definition) is 12. The number of aryl methyl sites for hydroxylation is 1. The summed E-state index contributed by atoms with van der Waals surface area (Å²) in [6.45, 7) is 4.61. The average molecular weight is 1450 g/mol. The largest absolute Gasteiger partial charge is 0.417 e. The van der Waals surface area contributed by atoms with Crippen LogP contribution >= 0.6 is 11.6 Å². The summed E-state index contributed by atoms with van der Waals surface area (Å²) in [4.78, 5) is 189. The third-order valence-electron chi connectivity index (χ3n) is 21.9. The second kappa shape index (κ2) is 34.9. The van der Waals surface area contributed by atoms with Crippen molar-refractivity contribution in [2.24, 2.45) is 23.7 Å². The molecule has 3 aliphatic heterocycles. The topological polar surface area (TPSA) is 270 Å². The van der Waals surface area contributed by atoms with Gasteiger partial charge >= 0.3 is 6.18 Å². The number of carbonyl (C=O) groups is 12. The Balaban J connectivity index is 1.30. The zero-order valence-electron chi connectivity index (χ0n) is 60.6. The van der Waals surface area contributed by atoms with E-state index in [0.29, 0.717) is 75.8 Å². The number of fused-ring (bicyclic) bond motifs is 1. The van der Waals surface area contributed by atoms with E-state index in [4.69, 9.17) is 11.6 Å². The molecule has 30 heteroatoms. The number of nitrogens with one attached hydrogen (secondary N) is 3. The smallest absolute Gasteiger partial charge is 0.343 e. The number of halogens is 6.